The highest BCUT2D eigenvalue weighted by Crippen LogP contribution is 2.21. The predicted molar refractivity (Wildman–Crippen MR) is 71.1 cm³/mol. The number of rotatable bonds is 3. The fraction of sp³-hybridized carbons (Fsp3) is 0.333. The molecule has 0 amide bonds. The number of ether oxygens (including phenoxy) is 1. The summed E-state index contributed by atoms with van der Waals surface area (Å²) >= 11 is 0. The van der Waals surface area contributed by atoms with E-state index >= 15 is 0 Å². The smallest absolute Gasteiger partial charge is 0.130 e. The zero-order valence-corrected chi connectivity index (χ0v) is 10.9. The standard InChI is InChI=1S/C15H15N3O/c1-19-15-4-2-12(3-5-15)10-18-7-6-13(11-18)14(8-16)9-17/h2-5H,6-7,10-11H2,1H3. The number of benzene rings is 1. The first-order chi connectivity index (χ1) is 9.26. The van der Waals surface area contributed by atoms with Crippen molar-refractivity contribution < 1.29 is 4.74 Å². The average Bonchev–Trinajstić information content (AvgIpc) is 2.89. The van der Waals surface area contributed by atoms with Gasteiger partial charge in [0.2, 0.25) is 0 Å². The summed E-state index contributed by atoms with van der Waals surface area (Å²) in [4.78, 5) is 2.24. The van der Waals surface area contributed by atoms with Gasteiger partial charge in [0.25, 0.3) is 0 Å². The van der Waals surface area contributed by atoms with Gasteiger partial charge in [-0.1, -0.05) is 12.1 Å². The van der Waals surface area contributed by atoms with Crippen LogP contribution in [0, 0.1) is 22.7 Å². The largest absolute Gasteiger partial charge is 0.497 e. The summed E-state index contributed by atoms with van der Waals surface area (Å²) < 4.78 is 5.12. The van der Waals surface area contributed by atoms with Crippen LogP contribution in [-0.2, 0) is 6.54 Å². The Hall–Kier alpha value is -2.30. The minimum atomic E-state index is 0.275. The van der Waals surface area contributed by atoms with Gasteiger partial charge in [0.05, 0.1) is 7.11 Å². The van der Waals surface area contributed by atoms with Crippen LogP contribution in [-0.4, -0.2) is 25.1 Å². The molecule has 1 aromatic rings. The summed E-state index contributed by atoms with van der Waals surface area (Å²) in [5.74, 6) is 0.849. The molecule has 0 N–H and O–H groups in total. The van der Waals surface area contributed by atoms with Crippen LogP contribution < -0.4 is 4.74 Å². The lowest BCUT2D eigenvalue weighted by molar-refractivity contribution is 0.337. The Morgan fingerprint density at radius 2 is 1.95 bits per heavy atom. The zero-order valence-electron chi connectivity index (χ0n) is 10.9. The van der Waals surface area contributed by atoms with Crippen LogP contribution in [0.3, 0.4) is 0 Å². The van der Waals surface area contributed by atoms with E-state index in [0.29, 0.717) is 6.54 Å². The third-order valence-electron chi connectivity index (χ3n) is 3.29. The summed E-state index contributed by atoms with van der Waals surface area (Å²) in [7, 11) is 1.65. The lowest BCUT2D eigenvalue weighted by atomic mass is 10.1. The molecule has 1 aromatic carbocycles. The van der Waals surface area contributed by atoms with Gasteiger partial charge in [-0.25, -0.2) is 0 Å². The van der Waals surface area contributed by atoms with Crippen LogP contribution in [0.5, 0.6) is 5.75 Å². The minimum Gasteiger partial charge on any atom is -0.497 e. The third-order valence-corrected chi connectivity index (χ3v) is 3.29. The summed E-state index contributed by atoms with van der Waals surface area (Å²) in [6.45, 7) is 2.44. The van der Waals surface area contributed by atoms with Crippen molar-refractivity contribution >= 4 is 0 Å². The molecule has 4 heteroatoms. The molecule has 0 atom stereocenters. The van der Waals surface area contributed by atoms with Crippen LogP contribution in [0.2, 0.25) is 0 Å². The second-order valence-electron chi connectivity index (χ2n) is 4.51. The molecule has 1 saturated heterocycles. The molecule has 1 aliphatic rings. The summed E-state index contributed by atoms with van der Waals surface area (Å²) in [5.41, 5.74) is 2.44. The van der Waals surface area contributed by atoms with Gasteiger partial charge in [-0.15, -0.1) is 0 Å². The van der Waals surface area contributed by atoms with Crippen LogP contribution in [0.15, 0.2) is 35.4 Å². The zero-order chi connectivity index (χ0) is 13.7. The second kappa shape index (κ2) is 6.04. The van der Waals surface area contributed by atoms with E-state index in [1.165, 1.54) is 5.56 Å². The Balaban J connectivity index is 2.01. The molecule has 2 rings (SSSR count). The van der Waals surface area contributed by atoms with Gasteiger partial charge in [-0.05, 0) is 29.7 Å². The van der Waals surface area contributed by atoms with E-state index in [4.69, 9.17) is 15.3 Å². The van der Waals surface area contributed by atoms with Gasteiger partial charge >= 0.3 is 0 Å². The number of hydrogen-bond donors (Lipinski definition) is 0. The van der Waals surface area contributed by atoms with Crippen LogP contribution in [0.4, 0.5) is 0 Å². The number of methoxy groups -OCH3 is 1. The van der Waals surface area contributed by atoms with E-state index in [1.54, 1.807) is 7.11 Å². The van der Waals surface area contributed by atoms with E-state index in [-0.39, 0.29) is 5.57 Å². The van der Waals surface area contributed by atoms with E-state index in [9.17, 15) is 0 Å². The molecule has 0 bridgehead atoms. The highest BCUT2D eigenvalue weighted by atomic mass is 16.5. The molecule has 0 radical (unpaired) electrons. The quantitative estimate of drug-likeness (QED) is 0.775. The maximum Gasteiger partial charge on any atom is 0.130 e. The first-order valence-corrected chi connectivity index (χ1v) is 6.14. The summed E-state index contributed by atoms with van der Waals surface area (Å²) in [6.07, 6.45) is 0.812. The topological polar surface area (TPSA) is 60.0 Å². The highest BCUT2D eigenvalue weighted by Gasteiger charge is 2.19. The van der Waals surface area contributed by atoms with Crippen LogP contribution in [0.25, 0.3) is 0 Å². The molecule has 0 aliphatic carbocycles. The number of hydrogen-bond acceptors (Lipinski definition) is 4. The van der Waals surface area contributed by atoms with Gasteiger partial charge in [-0.3, -0.25) is 4.90 Å². The molecular formula is C15H15N3O. The molecule has 1 aliphatic heterocycles. The summed E-state index contributed by atoms with van der Waals surface area (Å²) in [6, 6.07) is 11.9. The monoisotopic (exact) mass is 253 g/mol. The fourth-order valence-electron chi connectivity index (χ4n) is 2.23. The Bertz CT molecular complexity index is 545. The minimum absolute atomic E-state index is 0.275. The second-order valence-corrected chi connectivity index (χ2v) is 4.51. The summed E-state index contributed by atoms with van der Waals surface area (Å²) in [5, 5.41) is 17.7. The first kappa shape index (κ1) is 13.1. The number of likely N-dealkylation sites (tertiary alicyclic amines) is 1. The Labute approximate surface area is 113 Å². The predicted octanol–water partition coefficient (Wildman–Crippen LogP) is 2.24. The molecular weight excluding hydrogens is 238 g/mol. The molecule has 19 heavy (non-hydrogen) atoms. The van der Waals surface area contributed by atoms with Gasteiger partial charge in [-0.2, -0.15) is 10.5 Å². The molecule has 0 aromatic heterocycles. The van der Waals surface area contributed by atoms with Crippen molar-refractivity contribution in [1.82, 2.24) is 4.90 Å². The molecule has 0 saturated carbocycles. The van der Waals surface area contributed by atoms with Crippen LogP contribution in [0.1, 0.15) is 12.0 Å². The van der Waals surface area contributed by atoms with Crippen LogP contribution >= 0.6 is 0 Å². The van der Waals surface area contributed by atoms with E-state index in [1.807, 2.05) is 36.4 Å². The molecule has 0 unspecified atom stereocenters. The maximum atomic E-state index is 8.86. The Morgan fingerprint density at radius 3 is 2.53 bits per heavy atom. The average molecular weight is 253 g/mol. The fourth-order valence-corrected chi connectivity index (χ4v) is 2.23. The van der Waals surface area contributed by atoms with Crippen molar-refractivity contribution in [3.05, 3.63) is 41.0 Å². The Morgan fingerprint density at radius 1 is 1.26 bits per heavy atom. The third kappa shape index (κ3) is 3.13. The van der Waals surface area contributed by atoms with Crippen molar-refractivity contribution in [3.8, 4) is 17.9 Å². The number of allylic oxidation sites excluding steroid dienone is 1. The van der Waals surface area contributed by atoms with Crippen molar-refractivity contribution in [3.63, 3.8) is 0 Å². The highest BCUT2D eigenvalue weighted by molar-refractivity contribution is 5.42. The van der Waals surface area contributed by atoms with Crippen molar-refractivity contribution in [2.75, 3.05) is 20.2 Å². The molecule has 4 nitrogen and oxygen atoms in total. The lowest BCUT2D eigenvalue weighted by Gasteiger charge is -2.14. The van der Waals surface area contributed by atoms with E-state index in [0.717, 1.165) is 30.8 Å². The van der Waals surface area contributed by atoms with Gasteiger partial charge in [0, 0.05) is 19.6 Å². The van der Waals surface area contributed by atoms with Gasteiger partial charge in [0.1, 0.15) is 23.5 Å². The normalized spacial score (nSPS) is 14.8. The first-order valence-electron chi connectivity index (χ1n) is 6.14. The molecule has 1 fully saturated rings. The Kier molecular flexibility index (Phi) is 4.18. The molecule has 1 heterocycles. The van der Waals surface area contributed by atoms with Crippen molar-refractivity contribution in [2.45, 2.75) is 13.0 Å². The number of nitrogens with zero attached hydrogens (tertiary/aromatic N) is 3. The van der Waals surface area contributed by atoms with Crippen molar-refractivity contribution in [1.29, 1.82) is 10.5 Å². The lowest BCUT2D eigenvalue weighted by Crippen LogP contribution is -2.18. The van der Waals surface area contributed by atoms with Gasteiger partial charge in [0.15, 0.2) is 0 Å². The molecule has 96 valence electrons. The SMILES string of the molecule is COc1ccc(CN2CCC(=C(C#N)C#N)C2)cc1. The van der Waals surface area contributed by atoms with Crippen molar-refractivity contribution in [2.24, 2.45) is 0 Å². The number of nitriles is 2. The molecule has 0 spiro atoms. The van der Waals surface area contributed by atoms with Gasteiger partial charge < -0.3 is 4.74 Å². The maximum absolute atomic E-state index is 8.86. The van der Waals surface area contributed by atoms with E-state index in [2.05, 4.69) is 4.90 Å². The van der Waals surface area contributed by atoms with E-state index < -0.39 is 0 Å².